The molecule has 23 heavy (non-hydrogen) atoms. The third-order valence-corrected chi connectivity index (χ3v) is 3.92. The molecule has 118 valence electrons. The number of fused-ring (bicyclic) bond motifs is 1. The molecule has 2 aromatic carbocycles. The van der Waals surface area contributed by atoms with E-state index in [1.807, 2.05) is 19.1 Å². The zero-order valence-corrected chi connectivity index (χ0v) is 13.4. The van der Waals surface area contributed by atoms with Gasteiger partial charge in [0.1, 0.15) is 17.6 Å². The maximum absolute atomic E-state index is 11.3. The molecule has 1 unspecified atom stereocenters. The lowest BCUT2D eigenvalue weighted by molar-refractivity contribution is 0.0697. The fourth-order valence-corrected chi connectivity index (χ4v) is 2.83. The zero-order valence-electron chi connectivity index (χ0n) is 12.7. The van der Waals surface area contributed by atoms with Crippen LogP contribution in [0.2, 0.25) is 5.02 Å². The van der Waals surface area contributed by atoms with Crippen LogP contribution in [0.5, 0.6) is 11.5 Å². The minimum atomic E-state index is -0.983. The van der Waals surface area contributed by atoms with Gasteiger partial charge >= 0.3 is 5.97 Å². The van der Waals surface area contributed by atoms with Crippen molar-refractivity contribution in [3.63, 3.8) is 0 Å². The number of carboxylic acids is 1. The maximum Gasteiger partial charge on any atom is 0.335 e. The molecule has 0 aliphatic carbocycles. The van der Waals surface area contributed by atoms with Crippen LogP contribution in [-0.2, 0) is 0 Å². The third kappa shape index (κ3) is 2.90. The van der Waals surface area contributed by atoms with Gasteiger partial charge in [-0.25, -0.2) is 4.79 Å². The number of carbonyl (C=O) groups is 1. The Kier molecular flexibility index (Phi) is 4.01. The van der Waals surface area contributed by atoms with Crippen LogP contribution in [0.1, 0.15) is 28.4 Å². The number of carboxylic acid groups (broad SMARTS) is 1. The Labute approximate surface area is 138 Å². The van der Waals surface area contributed by atoms with Crippen LogP contribution in [0.25, 0.3) is 5.57 Å². The average Bonchev–Trinajstić information content (AvgIpc) is 2.53. The van der Waals surface area contributed by atoms with Crippen LogP contribution in [-0.4, -0.2) is 24.3 Å². The van der Waals surface area contributed by atoms with Crippen molar-refractivity contribution in [1.82, 2.24) is 0 Å². The van der Waals surface area contributed by atoms with Crippen LogP contribution in [0, 0.1) is 0 Å². The van der Waals surface area contributed by atoms with Gasteiger partial charge in [0.25, 0.3) is 0 Å². The molecule has 3 rings (SSSR count). The molecule has 2 aromatic rings. The van der Waals surface area contributed by atoms with Crippen molar-refractivity contribution >= 4 is 23.1 Å². The lowest BCUT2D eigenvalue weighted by Crippen LogP contribution is -2.16. The van der Waals surface area contributed by atoms with E-state index in [2.05, 4.69) is 0 Å². The van der Waals surface area contributed by atoms with Gasteiger partial charge in [0.15, 0.2) is 0 Å². The molecule has 0 radical (unpaired) electrons. The third-order valence-electron chi connectivity index (χ3n) is 3.68. The molecule has 0 amide bonds. The van der Waals surface area contributed by atoms with Crippen LogP contribution in [0.4, 0.5) is 0 Å². The SMILES string of the molecule is COc1ccc(Cl)cc1C1=CC(C)Oc2ccc(C(=O)O)cc21. The van der Waals surface area contributed by atoms with E-state index in [9.17, 15) is 9.90 Å². The van der Waals surface area contributed by atoms with E-state index < -0.39 is 5.97 Å². The first kappa shape index (κ1) is 15.4. The first-order valence-corrected chi connectivity index (χ1v) is 7.47. The Hall–Kier alpha value is -2.46. The molecule has 1 atom stereocenters. The number of ether oxygens (including phenoxy) is 2. The quantitative estimate of drug-likeness (QED) is 0.913. The highest BCUT2D eigenvalue weighted by Crippen LogP contribution is 2.40. The van der Waals surface area contributed by atoms with Gasteiger partial charge in [0.05, 0.1) is 12.7 Å². The first-order valence-electron chi connectivity index (χ1n) is 7.09. The van der Waals surface area contributed by atoms with Crippen molar-refractivity contribution in [2.75, 3.05) is 7.11 Å². The number of hydrogen-bond acceptors (Lipinski definition) is 3. The predicted molar refractivity (Wildman–Crippen MR) is 88.6 cm³/mol. The summed E-state index contributed by atoms with van der Waals surface area (Å²) in [5, 5.41) is 9.81. The molecule has 1 N–H and O–H groups in total. The Balaban J connectivity index is 2.22. The number of halogens is 1. The van der Waals surface area contributed by atoms with Crippen LogP contribution in [0.3, 0.4) is 0 Å². The molecule has 5 heteroatoms. The van der Waals surface area contributed by atoms with E-state index >= 15 is 0 Å². The molecule has 1 heterocycles. The zero-order chi connectivity index (χ0) is 16.6. The molecule has 0 bridgehead atoms. The van der Waals surface area contributed by atoms with E-state index in [1.165, 1.54) is 6.07 Å². The van der Waals surface area contributed by atoms with E-state index in [0.717, 1.165) is 11.1 Å². The minimum Gasteiger partial charge on any atom is -0.496 e. The molecule has 1 aliphatic rings. The van der Waals surface area contributed by atoms with Gasteiger partial charge in [-0.2, -0.15) is 0 Å². The first-order chi connectivity index (χ1) is 11.0. The lowest BCUT2D eigenvalue weighted by Gasteiger charge is -2.25. The Morgan fingerprint density at radius 2 is 2.00 bits per heavy atom. The molecule has 0 saturated heterocycles. The summed E-state index contributed by atoms with van der Waals surface area (Å²) in [7, 11) is 1.59. The number of aromatic carboxylic acids is 1. The topological polar surface area (TPSA) is 55.8 Å². The Bertz CT molecular complexity index is 811. The highest BCUT2D eigenvalue weighted by Gasteiger charge is 2.23. The minimum absolute atomic E-state index is 0.142. The summed E-state index contributed by atoms with van der Waals surface area (Å²) in [6.07, 6.45) is 1.79. The van der Waals surface area contributed by atoms with Crippen molar-refractivity contribution in [2.24, 2.45) is 0 Å². The van der Waals surface area contributed by atoms with Gasteiger partial charge in [-0.05, 0) is 55.0 Å². The van der Waals surface area contributed by atoms with Gasteiger partial charge in [0.2, 0.25) is 0 Å². The molecule has 0 aromatic heterocycles. The molecule has 1 aliphatic heterocycles. The van der Waals surface area contributed by atoms with Crippen molar-refractivity contribution in [3.8, 4) is 11.5 Å². The van der Waals surface area contributed by atoms with E-state index in [0.29, 0.717) is 22.1 Å². The number of hydrogen-bond donors (Lipinski definition) is 1. The van der Waals surface area contributed by atoms with Crippen LogP contribution in [0.15, 0.2) is 42.5 Å². The summed E-state index contributed by atoms with van der Waals surface area (Å²) in [6.45, 7) is 1.92. The van der Waals surface area contributed by atoms with Gasteiger partial charge in [-0.3, -0.25) is 0 Å². The normalized spacial score (nSPS) is 16.1. The van der Waals surface area contributed by atoms with Gasteiger partial charge in [0, 0.05) is 16.1 Å². The van der Waals surface area contributed by atoms with Crippen molar-refractivity contribution in [3.05, 3.63) is 64.2 Å². The molecule has 0 saturated carbocycles. The standard InChI is InChI=1S/C18H15ClO4/c1-10-7-13(15-9-12(19)4-6-16(15)22-2)14-8-11(18(20)21)3-5-17(14)23-10/h3-10H,1-2H3,(H,20,21). The molecule has 0 spiro atoms. The average molecular weight is 331 g/mol. The second-order valence-corrected chi connectivity index (χ2v) is 5.70. The second kappa shape index (κ2) is 5.97. The van der Waals surface area contributed by atoms with Crippen LogP contribution >= 0.6 is 11.6 Å². The largest absolute Gasteiger partial charge is 0.496 e. The van der Waals surface area contributed by atoms with E-state index in [-0.39, 0.29) is 11.7 Å². The fraction of sp³-hybridized carbons (Fsp3) is 0.167. The summed E-state index contributed by atoms with van der Waals surface area (Å²) in [6, 6.07) is 10.2. The summed E-state index contributed by atoms with van der Waals surface area (Å²) in [5.41, 5.74) is 2.57. The number of rotatable bonds is 3. The molecule has 0 fully saturated rings. The predicted octanol–water partition coefficient (Wildman–Crippen LogP) is 4.26. The van der Waals surface area contributed by atoms with Crippen LogP contribution < -0.4 is 9.47 Å². The molecular formula is C18H15ClO4. The Morgan fingerprint density at radius 1 is 1.22 bits per heavy atom. The lowest BCUT2D eigenvalue weighted by atomic mass is 9.92. The second-order valence-electron chi connectivity index (χ2n) is 5.26. The van der Waals surface area contributed by atoms with Crippen molar-refractivity contribution in [1.29, 1.82) is 0 Å². The Morgan fingerprint density at radius 3 is 2.70 bits per heavy atom. The highest BCUT2D eigenvalue weighted by atomic mass is 35.5. The van der Waals surface area contributed by atoms with Gasteiger partial charge in [-0.1, -0.05) is 11.6 Å². The number of benzene rings is 2. The van der Waals surface area contributed by atoms with Gasteiger partial charge in [-0.15, -0.1) is 0 Å². The summed E-state index contributed by atoms with van der Waals surface area (Å²) >= 11 is 6.13. The van der Waals surface area contributed by atoms with Gasteiger partial charge < -0.3 is 14.6 Å². The summed E-state index contributed by atoms with van der Waals surface area (Å²) in [5.74, 6) is 0.326. The van der Waals surface area contributed by atoms with Crippen molar-refractivity contribution in [2.45, 2.75) is 13.0 Å². The summed E-state index contributed by atoms with van der Waals surface area (Å²) < 4.78 is 11.2. The summed E-state index contributed by atoms with van der Waals surface area (Å²) in [4.78, 5) is 11.3. The number of methoxy groups -OCH3 is 1. The monoisotopic (exact) mass is 330 g/mol. The smallest absolute Gasteiger partial charge is 0.335 e. The fourth-order valence-electron chi connectivity index (χ4n) is 2.66. The maximum atomic E-state index is 11.3. The molecular weight excluding hydrogens is 316 g/mol. The van der Waals surface area contributed by atoms with E-state index in [1.54, 1.807) is 31.4 Å². The highest BCUT2D eigenvalue weighted by molar-refractivity contribution is 6.30. The van der Waals surface area contributed by atoms with E-state index in [4.69, 9.17) is 21.1 Å². The molecule has 4 nitrogen and oxygen atoms in total. The van der Waals surface area contributed by atoms with Crippen molar-refractivity contribution < 1.29 is 19.4 Å².